The minimum atomic E-state index is -0.672. The molecule has 1 amide bonds. The van der Waals surface area contributed by atoms with Crippen LogP contribution in [0.3, 0.4) is 0 Å². The van der Waals surface area contributed by atoms with Gasteiger partial charge in [-0.25, -0.2) is 8.78 Å². The number of nitrogens with one attached hydrogen (secondary N) is 1. The van der Waals surface area contributed by atoms with Gasteiger partial charge in [0.15, 0.2) is 23.0 Å². The Bertz CT molecular complexity index is 1020. The van der Waals surface area contributed by atoms with Crippen LogP contribution in [0.2, 0.25) is 0 Å². The fourth-order valence-corrected chi connectivity index (χ4v) is 4.29. The molecule has 1 aliphatic heterocycles. The molecule has 2 heterocycles. The summed E-state index contributed by atoms with van der Waals surface area (Å²) in [5.74, 6) is -1.58. The van der Waals surface area contributed by atoms with Gasteiger partial charge in [0.1, 0.15) is 17.1 Å². The van der Waals surface area contributed by atoms with E-state index in [0.717, 1.165) is 31.7 Å². The average molecular weight is 468 g/mol. The smallest absolute Gasteiger partial charge is 0.297 e. The summed E-state index contributed by atoms with van der Waals surface area (Å²) in [4.78, 5) is 15.3. The molecule has 1 saturated carbocycles. The summed E-state index contributed by atoms with van der Waals surface area (Å²) in [6.45, 7) is 6.27. The number of benzene rings is 1. The second kappa shape index (κ2) is 9.42. The zero-order chi connectivity index (χ0) is 23.8. The molecule has 2 aromatic rings. The third kappa shape index (κ3) is 5.22. The van der Waals surface area contributed by atoms with E-state index < -0.39 is 17.2 Å². The van der Waals surface area contributed by atoms with Gasteiger partial charge >= 0.3 is 0 Å². The number of aromatic nitrogens is 2. The van der Waals surface area contributed by atoms with E-state index in [4.69, 9.17) is 18.9 Å². The monoisotopic (exact) mass is 467 g/mol. The largest absolute Gasteiger partial charge is 0.479 e. The number of nitrogens with zero attached hydrogens (tertiary/aromatic N) is 2. The molecule has 1 N–H and O–H groups in total. The first-order chi connectivity index (χ1) is 15.6. The summed E-state index contributed by atoms with van der Waals surface area (Å²) in [7, 11) is 1.60. The number of hydrogen-bond donors (Lipinski definition) is 1. The van der Waals surface area contributed by atoms with E-state index in [2.05, 4.69) is 10.3 Å². The fraction of sp³-hybridized carbons (Fsp3) is 0.652. The highest BCUT2D eigenvalue weighted by Gasteiger charge is 2.37. The summed E-state index contributed by atoms with van der Waals surface area (Å²) < 4.78 is 54.1. The van der Waals surface area contributed by atoms with Crippen molar-refractivity contribution in [3.05, 3.63) is 17.7 Å². The van der Waals surface area contributed by atoms with E-state index in [0.29, 0.717) is 19.8 Å². The zero-order valence-electron chi connectivity index (χ0n) is 19.5. The number of imidazole rings is 1. The maximum Gasteiger partial charge on any atom is 0.297 e. The number of carbonyl (C=O) groups is 1. The molecule has 182 valence electrons. The maximum atomic E-state index is 15.2. The summed E-state index contributed by atoms with van der Waals surface area (Å²) in [5, 5.41) is 2.80. The van der Waals surface area contributed by atoms with Crippen LogP contribution in [-0.2, 0) is 21.3 Å². The van der Waals surface area contributed by atoms with Crippen LogP contribution in [0.5, 0.6) is 11.8 Å². The number of rotatable bonds is 8. The van der Waals surface area contributed by atoms with Crippen molar-refractivity contribution in [1.29, 1.82) is 0 Å². The van der Waals surface area contributed by atoms with Crippen LogP contribution >= 0.6 is 0 Å². The first-order valence-corrected chi connectivity index (χ1v) is 11.3. The summed E-state index contributed by atoms with van der Waals surface area (Å²) in [6.07, 6.45) is 3.03. The molecular formula is C23H31F2N3O5. The molecule has 0 unspecified atom stereocenters. The Hall–Kier alpha value is -2.46. The van der Waals surface area contributed by atoms with Crippen LogP contribution in [0, 0.1) is 11.6 Å². The SMILES string of the molecule is CC(=O)N[C@@H](C)CO[C@H]1CC[C@H](Oc2nc3c(F)cc(OC4(C)COC4)c(F)c3n2C)CC1. The Morgan fingerprint density at radius 3 is 2.58 bits per heavy atom. The molecule has 33 heavy (non-hydrogen) atoms. The summed E-state index contributed by atoms with van der Waals surface area (Å²) >= 11 is 0. The molecule has 2 aliphatic rings. The van der Waals surface area contributed by atoms with Gasteiger partial charge in [-0.05, 0) is 39.5 Å². The second-order valence-corrected chi connectivity index (χ2v) is 9.32. The number of aryl methyl sites for hydroxylation is 1. The van der Waals surface area contributed by atoms with Crippen molar-refractivity contribution in [3.8, 4) is 11.8 Å². The highest BCUT2D eigenvalue weighted by atomic mass is 19.1. The number of ether oxygens (including phenoxy) is 4. The molecule has 0 spiro atoms. The Labute approximate surface area is 191 Å². The van der Waals surface area contributed by atoms with Gasteiger partial charge in [0, 0.05) is 26.1 Å². The van der Waals surface area contributed by atoms with Crippen LogP contribution in [-0.4, -0.2) is 59.1 Å². The maximum absolute atomic E-state index is 15.2. The Kier molecular flexibility index (Phi) is 6.76. The predicted molar refractivity (Wildman–Crippen MR) is 116 cm³/mol. The lowest BCUT2D eigenvalue weighted by Gasteiger charge is -2.38. The van der Waals surface area contributed by atoms with Crippen molar-refractivity contribution in [2.75, 3.05) is 19.8 Å². The lowest BCUT2D eigenvalue weighted by atomic mass is 9.95. The van der Waals surface area contributed by atoms with Crippen LogP contribution in [0.4, 0.5) is 8.78 Å². The first kappa shape index (κ1) is 23.7. The van der Waals surface area contributed by atoms with Gasteiger partial charge in [0.05, 0.1) is 25.9 Å². The molecule has 1 saturated heterocycles. The standard InChI is InChI=1S/C23H31F2N3O5/c1-13(26-14(2)29)10-31-15-5-7-16(8-6-15)32-22-27-20-17(24)9-18(19(25)21(20)28(22)4)33-23(3)11-30-12-23/h9,13,15-16H,5-8,10-12H2,1-4H3,(H,26,29)/t13-,15-,16-/m0/s1. The van der Waals surface area contributed by atoms with Gasteiger partial charge in [0.2, 0.25) is 5.91 Å². The van der Waals surface area contributed by atoms with E-state index >= 15 is 4.39 Å². The van der Waals surface area contributed by atoms with Gasteiger partial charge < -0.3 is 24.3 Å². The van der Waals surface area contributed by atoms with Crippen molar-refractivity contribution in [3.63, 3.8) is 0 Å². The number of hydrogen-bond acceptors (Lipinski definition) is 6. The van der Waals surface area contributed by atoms with Crippen molar-refractivity contribution < 1.29 is 32.5 Å². The van der Waals surface area contributed by atoms with Gasteiger partial charge in [0.25, 0.3) is 6.01 Å². The Morgan fingerprint density at radius 2 is 1.97 bits per heavy atom. The van der Waals surface area contributed by atoms with E-state index in [1.165, 1.54) is 11.5 Å². The number of amides is 1. The van der Waals surface area contributed by atoms with Crippen LogP contribution < -0.4 is 14.8 Å². The van der Waals surface area contributed by atoms with Crippen molar-refractivity contribution in [2.24, 2.45) is 7.05 Å². The van der Waals surface area contributed by atoms with Crippen LogP contribution in [0.25, 0.3) is 11.0 Å². The van der Waals surface area contributed by atoms with E-state index in [-0.39, 0.29) is 47.0 Å². The summed E-state index contributed by atoms with van der Waals surface area (Å²) in [5.41, 5.74) is -0.747. The van der Waals surface area contributed by atoms with Crippen molar-refractivity contribution in [2.45, 2.75) is 70.3 Å². The number of halogens is 2. The lowest BCUT2D eigenvalue weighted by molar-refractivity contribution is -0.151. The van der Waals surface area contributed by atoms with Gasteiger partial charge in [-0.2, -0.15) is 4.98 Å². The topological polar surface area (TPSA) is 83.8 Å². The molecule has 1 atom stereocenters. The predicted octanol–water partition coefficient (Wildman–Crippen LogP) is 3.25. The third-order valence-corrected chi connectivity index (χ3v) is 6.06. The third-order valence-electron chi connectivity index (χ3n) is 6.06. The minimum absolute atomic E-state index is 0.00724. The fourth-order valence-electron chi connectivity index (χ4n) is 4.29. The number of carbonyl (C=O) groups excluding carboxylic acids is 1. The lowest BCUT2D eigenvalue weighted by Crippen LogP contribution is -2.51. The van der Waals surface area contributed by atoms with E-state index in [1.807, 2.05) is 6.92 Å². The molecule has 0 radical (unpaired) electrons. The molecular weight excluding hydrogens is 436 g/mol. The number of fused-ring (bicyclic) bond motifs is 1. The molecule has 1 aliphatic carbocycles. The molecule has 8 nitrogen and oxygen atoms in total. The second-order valence-electron chi connectivity index (χ2n) is 9.32. The minimum Gasteiger partial charge on any atom is -0.479 e. The van der Waals surface area contributed by atoms with Crippen LogP contribution in [0.1, 0.15) is 46.5 Å². The van der Waals surface area contributed by atoms with Gasteiger partial charge in [-0.1, -0.05) is 0 Å². The molecule has 2 fully saturated rings. The zero-order valence-corrected chi connectivity index (χ0v) is 19.5. The first-order valence-electron chi connectivity index (χ1n) is 11.3. The average Bonchev–Trinajstić information content (AvgIpc) is 3.06. The molecule has 1 aromatic heterocycles. The van der Waals surface area contributed by atoms with Crippen molar-refractivity contribution >= 4 is 16.9 Å². The van der Waals surface area contributed by atoms with Gasteiger partial charge in [-0.3, -0.25) is 9.36 Å². The molecule has 10 heteroatoms. The van der Waals surface area contributed by atoms with E-state index in [9.17, 15) is 9.18 Å². The highest BCUT2D eigenvalue weighted by Crippen LogP contribution is 2.35. The quantitative estimate of drug-likeness (QED) is 0.642. The highest BCUT2D eigenvalue weighted by molar-refractivity contribution is 5.80. The van der Waals surface area contributed by atoms with Crippen LogP contribution in [0.15, 0.2) is 6.07 Å². The van der Waals surface area contributed by atoms with Crippen molar-refractivity contribution in [1.82, 2.24) is 14.9 Å². The van der Waals surface area contributed by atoms with E-state index in [1.54, 1.807) is 14.0 Å². The Morgan fingerprint density at radius 1 is 1.30 bits per heavy atom. The Balaban J connectivity index is 1.39. The molecule has 1 aromatic carbocycles. The normalized spacial score (nSPS) is 23.1. The summed E-state index contributed by atoms with van der Waals surface area (Å²) in [6, 6.07) is 1.15. The molecule has 4 rings (SSSR count). The van der Waals surface area contributed by atoms with Gasteiger partial charge in [-0.15, -0.1) is 0 Å². The molecule has 0 bridgehead atoms.